The fraction of sp³-hybridized carbons (Fsp3) is 0.500. The average molecular weight is 270 g/mol. The van der Waals surface area contributed by atoms with Crippen LogP contribution in [0.2, 0.25) is 5.15 Å². The molecule has 0 bridgehead atoms. The maximum atomic E-state index is 11.0. The molecule has 1 fully saturated rings. The minimum atomic E-state index is -0.187. The van der Waals surface area contributed by atoms with Crippen molar-refractivity contribution in [3.8, 4) is 5.75 Å². The summed E-state index contributed by atoms with van der Waals surface area (Å²) >= 11 is 5.87. The van der Waals surface area contributed by atoms with Gasteiger partial charge in [0.05, 0.1) is 11.9 Å². The molecule has 1 atom stereocenters. The van der Waals surface area contributed by atoms with Gasteiger partial charge in [-0.1, -0.05) is 11.6 Å². The predicted molar refractivity (Wildman–Crippen MR) is 70.1 cm³/mol. The minimum Gasteiger partial charge on any atom is -0.490 e. The molecule has 2 rings (SSSR count). The second kappa shape index (κ2) is 6.02. The fourth-order valence-corrected chi connectivity index (χ4v) is 2.03. The topological polar surface area (TPSA) is 63.2 Å². The van der Waals surface area contributed by atoms with Crippen LogP contribution >= 0.6 is 11.6 Å². The second-order valence-corrected chi connectivity index (χ2v) is 4.65. The van der Waals surface area contributed by atoms with Crippen LogP contribution in [0.5, 0.6) is 5.75 Å². The number of rotatable bonds is 4. The molecule has 1 aliphatic heterocycles. The Morgan fingerprint density at radius 3 is 3.22 bits per heavy atom. The van der Waals surface area contributed by atoms with Crippen molar-refractivity contribution in [3.63, 3.8) is 0 Å². The third-order valence-corrected chi connectivity index (χ3v) is 3.04. The number of carbonyl (C=O) groups excluding carboxylic acids is 1. The van der Waals surface area contributed by atoms with Crippen molar-refractivity contribution in [2.24, 2.45) is 0 Å². The van der Waals surface area contributed by atoms with Gasteiger partial charge >= 0.3 is 0 Å². The van der Waals surface area contributed by atoms with Crippen LogP contribution in [0.3, 0.4) is 0 Å². The molecule has 1 aromatic rings. The molecule has 2 N–H and O–H groups in total. The summed E-state index contributed by atoms with van der Waals surface area (Å²) < 4.78 is 5.63. The van der Waals surface area contributed by atoms with E-state index in [0.29, 0.717) is 24.1 Å². The van der Waals surface area contributed by atoms with E-state index in [1.54, 1.807) is 12.3 Å². The lowest BCUT2D eigenvalue weighted by atomic mass is 10.2. The number of nitrogens with zero attached hydrogens (tertiary/aromatic N) is 1. The van der Waals surface area contributed by atoms with E-state index in [2.05, 4.69) is 15.6 Å². The number of carbonyl (C=O) groups is 1. The Bertz CT molecular complexity index is 433. The zero-order valence-electron chi connectivity index (χ0n) is 10.2. The smallest absolute Gasteiger partial charge is 0.221 e. The summed E-state index contributed by atoms with van der Waals surface area (Å²) in [5.74, 6) is 0.421. The van der Waals surface area contributed by atoms with Crippen molar-refractivity contribution >= 4 is 23.2 Å². The lowest BCUT2D eigenvalue weighted by molar-refractivity contribution is -0.114. The normalized spacial score (nSPS) is 18.7. The molecule has 0 spiro atoms. The molecule has 1 saturated heterocycles. The summed E-state index contributed by atoms with van der Waals surface area (Å²) in [4.78, 5) is 15.0. The Hall–Kier alpha value is -1.33. The molecule has 6 heteroatoms. The second-order valence-electron chi connectivity index (χ2n) is 4.29. The van der Waals surface area contributed by atoms with Gasteiger partial charge in [0, 0.05) is 19.0 Å². The van der Waals surface area contributed by atoms with Crippen LogP contribution in [0.1, 0.15) is 19.8 Å². The van der Waals surface area contributed by atoms with E-state index >= 15 is 0 Å². The third kappa shape index (κ3) is 3.58. The van der Waals surface area contributed by atoms with Gasteiger partial charge in [-0.3, -0.25) is 4.79 Å². The number of aromatic nitrogens is 1. The monoisotopic (exact) mass is 269 g/mol. The number of anilines is 1. The number of hydrogen-bond donors (Lipinski definition) is 2. The Kier molecular flexibility index (Phi) is 4.38. The molecule has 18 heavy (non-hydrogen) atoms. The van der Waals surface area contributed by atoms with Gasteiger partial charge in [0.1, 0.15) is 12.4 Å². The molecule has 1 aromatic heterocycles. The number of amides is 1. The zero-order valence-corrected chi connectivity index (χ0v) is 11.0. The lowest BCUT2D eigenvalue weighted by Crippen LogP contribution is -2.28. The third-order valence-electron chi connectivity index (χ3n) is 2.74. The van der Waals surface area contributed by atoms with Gasteiger partial charge < -0.3 is 15.4 Å². The quantitative estimate of drug-likeness (QED) is 0.819. The molecule has 0 saturated carbocycles. The average Bonchev–Trinajstić information content (AvgIpc) is 2.82. The van der Waals surface area contributed by atoms with Crippen molar-refractivity contribution in [1.82, 2.24) is 10.3 Å². The molecule has 2 heterocycles. The van der Waals surface area contributed by atoms with Crippen molar-refractivity contribution in [2.75, 3.05) is 18.5 Å². The first-order valence-electron chi connectivity index (χ1n) is 5.94. The van der Waals surface area contributed by atoms with Crippen LogP contribution in [-0.2, 0) is 4.79 Å². The predicted octanol–water partition coefficient (Wildman–Crippen LogP) is 1.82. The zero-order chi connectivity index (χ0) is 13.0. The van der Waals surface area contributed by atoms with Crippen LogP contribution < -0.4 is 15.4 Å². The summed E-state index contributed by atoms with van der Waals surface area (Å²) in [6.45, 7) is 3.07. The van der Waals surface area contributed by atoms with E-state index in [1.807, 2.05) is 0 Å². The Morgan fingerprint density at radius 2 is 2.56 bits per heavy atom. The first kappa shape index (κ1) is 13.1. The molecule has 98 valence electrons. The number of nitrogens with one attached hydrogen (secondary N) is 2. The summed E-state index contributed by atoms with van der Waals surface area (Å²) in [5.41, 5.74) is 0.473. The molecule has 0 aromatic carbocycles. The SMILES string of the molecule is CC(=O)Nc1cc(OCC2CCCN2)cnc1Cl. The number of hydrogen-bond acceptors (Lipinski definition) is 4. The Balaban J connectivity index is 1.97. The van der Waals surface area contributed by atoms with E-state index in [0.717, 1.165) is 13.0 Å². The van der Waals surface area contributed by atoms with E-state index in [-0.39, 0.29) is 11.1 Å². The first-order valence-corrected chi connectivity index (χ1v) is 6.32. The molecule has 0 radical (unpaired) electrons. The first-order chi connectivity index (χ1) is 8.65. The maximum Gasteiger partial charge on any atom is 0.221 e. The van der Waals surface area contributed by atoms with Gasteiger partial charge in [-0.25, -0.2) is 4.98 Å². The van der Waals surface area contributed by atoms with Crippen molar-refractivity contribution < 1.29 is 9.53 Å². The lowest BCUT2D eigenvalue weighted by Gasteiger charge is -2.13. The highest BCUT2D eigenvalue weighted by Crippen LogP contribution is 2.24. The summed E-state index contributed by atoms with van der Waals surface area (Å²) in [5, 5.41) is 6.22. The molecular formula is C12H16ClN3O2. The van der Waals surface area contributed by atoms with Crippen LogP contribution in [0.4, 0.5) is 5.69 Å². The van der Waals surface area contributed by atoms with Gasteiger partial charge in [-0.2, -0.15) is 0 Å². The number of ether oxygens (including phenoxy) is 1. The van der Waals surface area contributed by atoms with E-state index in [1.165, 1.54) is 13.3 Å². The minimum absolute atomic E-state index is 0.187. The van der Waals surface area contributed by atoms with Gasteiger partial charge in [-0.05, 0) is 19.4 Å². The highest BCUT2D eigenvalue weighted by atomic mass is 35.5. The highest BCUT2D eigenvalue weighted by Gasteiger charge is 2.15. The van der Waals surface area contributed by atoms with Gasteiger partial charge in [0.25, 0.3) is 0 Å². The highest BCUT2D eigenvalue weighted by molar-refractivity contribution is 6.32. The maximum absolute atomic E-state index is 11.0. The van der Waals surface area contributed by atoms with Crippen molar-refractivity contribution in [1.29, 1.82) is 0 Å². The van der Waals surface area contributed by atoms with Gasteiger partial charge in [0.15, 0.2) is 5.15 Å². The van der Waals surface area contributed by atoms with E-state index in [4.69, 9.17) is 16.3 Å². The van der Waals surface area contributed by atoms with Gasteiger partial charge in [0.2, 0.25) is 5.91 Å². The summed E-state index contributed by atoms with van der Waals surface area (Å²) in [7, 11) is 0. The Morgan fingerprint density at radius 1 is 1.72 bits per heavy atom. The van der Waals surface area contributed by atoms with E-state index < -0.39 is 0 Å². The van der Waals surface area contributed by atoms with E-state index in [9.17, 15) is 4.79 Å². The molecule has 1 amide bonds. The molecule has 5 nitrogen and oxygen atoms in total. The number of pyridine rings is 1. The molecule has 1 unspecified atom stereocenters. The molecule has 0 aliphatic carbocycles. The largest absolute Gasteiger partial charge is 0.490 e. The standard InChI is InChI=1S/C12H16ClN3O2/c1-8(17)16-11-5-10(6-15-12(11)13)18-7-9-3-2-4-14-9/h5-6,9,14H,2-4,7H2,1H3,(H,16,17). The van der Waals surface area contributed by atoms with Crippen LogP contribution in [-0.4, -0.2) is 30.1 Å². The summed E-state index contributed by atoms with van der Waals surface area (Å²) in [6.07, 6.45) is 3.87. The van der Waals surface area contributed by atoms with Gasteiger partial charge in [-0.15, -0.1) is 0 Å². The molecular weight excluding hydrogens is 254 g/mol. The fourth-order valence-electron chi connectivity index (χ4n) is 1.88. The Labute approximate surface area is 111 Å². The van der Waals surface area contributed by atoms with Crippen molar-refractivity contribution in [3.05, 3.63) is 17.4 Å². The number of halogens is 1. The van der Waals surface area contributed by atoms with Crippen LogP contribution in [0, 0.1) is 0 Å². The van der Waals surface area contributed by atoms with Crippen molar-refractivity contribution in [2.45, 2.75) is 25.8 Å². The van der Waals surface area contributed by atoms with Crippen LogP contribution in [0.15, 0.2) is 12.3 Å². The molecule has 1 aliphatic rings. The summed E-state index contributed by atoms with van der Waals surface area (Å²) in [6, 6.07) is 2.08. The van der Waals surface area contributed by atoms with Crippen LogP contribution in [0.25, 0.3) is 0 Å².